The number of benzene rings is 2. The molecule has 0 aliphatic rings. The molecule has 0 fully saturated rings. The van der Waals surface area contributed by atoms with Gasteiger partial charge in [-0.15, -0.1) is 0 Å². The van der Waals surface area contributed by atoms with Crippen molar-refractivity contribution in [1.29, 1.82) is 0 Å². The summed E-state index contributed by atoms with van der Waals surface area (Å²) in [5, 5.41) is 12.7. The van der Waals surface area contributed by atoms with E-state index in [1.165, 1.54) is 6.07 Å². The first-order chi connectivity index (χ1) is 10.9. The lowest BCUT2D eigenvalue weighted by atomic mass is 10.1. The van der Waals surface area contributed by atoms with Crippen LogP contribution >= 0.6 is 39.1 Å². The van der Waals surface area contributed by atoms with Crippen LogP contribution in [-0.4, -0.2) is 23.0 Å². The minimum absolute atomic E-state index is 0.0606. The molecule has 2 aromatic rings. The fourth-order valence-corrected chi connectivity index (χ4v) is 2.86. The topological polar surface area (TPSA) is 66.4 Å². The summed E-state index contributed by atoms with van der Waals surface area (Å²) in [5.41, 5.74) is 0.964. The molecule has 0 spiro atoms. The molecule has 0 heterocycles. The van der Waals surface area contributed by atoms with Crippen molar-refractivity contribution in [3.05, 3.63) is 68.1 Å². The Morgan fingerprint density at radius 3 is 2.52 bits per heavy atom. The molecule has 0 saturated heterocycles. The Morgan fingerprint density at radius 2 is 1.91 bits per heavy atom. The smallest absolute Gasteiger partial charge is 0.326 e. The number of amides is 1. The lowest BCUT2D eigenvalue weighted by Gasteiger charge is -2.15. The van der Waals surface area contributed by atoms with Gasteiger partial charge in [0.2, 0.25) is 0 Å². The number of hydrogen-bond acceptors (Lipinski definition) is 2. The Hall–Kier alpha value is -1.56. The Morgan fingerprint density at radius 1 is 1.17 bits per heavy atom. The van der Waals surface area contributed by atoms with Crippen LogP contribution in [0.25, 0.3) is 0 Å². The Balaban J connectivity index is 2.16. The summed E-state index contributed by atoms with van der Waals surface area (Å²) in [5.74, 6) is -1.61. The maximum Gasteiger partial charge on any atom is 0.326 e. The third-order valence-corrected chi connectivity index (χ3v) is 4.21. The molecule has 2 aromatic carbocycles. The van der Waals surface area contributed by atoms with Crippen LogP contribution in [0.5, 0.6) is 0 Å². The number of rotatable bonds is 5. The molecule has 1 amide bonds. The van der Waals surface area contributed by atoms with Crippen molar-refractivity contribution >= 4 is 51.0 Å². The highest BCUT2D eigenvalue weighted by Crippen LogP contribution is 2.22. The van der Waals surface area contributed by atoms with Gasteiger partial charge in [-0.1, -0.05) is 51.3 Å². The summed E-state index contributed by atoms with van der Waals surface area (Å²) in [6.45, 7) is 0. The summed E-state index contributed by atoms with van der Waals surface area (Å²) in [7, 11) is 0. The number of halogens is 3. The van der Waals surface area contributed by atoms with Crippen LogP contribution < -0.4 is 5.32 Å². The monoisotopic (exact) mass is 415 g/mol. The molecule has 120 valence electrons. The van der Waals surface area contributed by atoms with E-state index in [1.54, 1.807) is 36.4 Å². The van der Waals surface area contributed by atoms with E-state index in [1.807, 2.05) is 0 Å². The maximum absolute atomic E-state index is 12.2. The van der Waals surface area contributed by atoms with Gasteiger partial charge in [0.05, 0.1) is 0 Å². The van der Waals surface area contributed by atoms with Crippen molar-refractivity contribution in [2.75, 3.05) is 0 Å². The molecule has 23 heavy (non-hydrogen) atoms. The molecule has 0 saturated carbocycles. The molecule has 0 aliphatic heterocycles. The fourth-order valence-electron chi connectivity index (χ4n) is 1.98. The number of carbonyl (C=O) groups excluding carboxylic acids is 1. The van der Waals surface area contributed by atoms with Crippen LogP contribution in [0.15, 0.2) is 46.9 Å². The number of aliphatic carboxylic acids is 1. The van der Waals surface area contributed by atoms with Gasteiger partial charge in [-0.25, -0.2) is 4.79 Å². The zero-order valence-corrected chi connectivity index (χ0v) is 14.8. The second kappa shape index (κ2) is 7.81. The van der Waals surface area contributed by atoms with Gasteiger partial charge in [-0.05, 0) is 35.9 Å². The number of carboxylic acids is 1. The molecule has 2 rings (SSSR count). The number of nitrogens with one attached hydrogen (secondary N) is 1. The van der Waals surface area contributed by atoms with Crippen molar-refractivity contribution in [2.45, 2.75) is 12.5 Å². The highest BCUT2D eigenvalue weighted by molar-refractivity contribution is 9.10. The van der Waals surface area contributed by atoms with E-state index in [-0.39, 0.29) is 6.42 Å². The molecule has 0 bridgehead atoms. The van der Waals surface area contributed by atoms with E-state index < -0.39 is 17.9 Å². The van der Waals surface area contributed by atoms with Crippen LogP contribution in [0, 0.1) is 0 Å². The lowest BCUT2D eigenvalue weighted by molar-refractivity contribution is -0.139. The summed E-state index contributed by atoms with van der Waals surface area (Å²) >= 11 is 15.1. The van der Waals surface area contributed by atoms with Crippen molar-refractivity contribution in [3.8, 4) is 0 Å². The molecule has 1 atom stereocenters. The maximum atomic E-state index is 12.2. The minimum atomic E-state index is -1.14. The summed E-state index contributed by atoms with van der Waals surface area (Å²) in [4.78, 5) is 23.6. The molecule has 0 unspecified atom stereocenters. The highest BCUT2D eigenvalue weighted by Gasteiger charge is 2.22. The van der Waals surface area contributed by atoms with Gasteiger partial charge in [0, 0.05) is 26.5 Å². The standard InChI is InChI=1S/C16H12BrCl2NO3/c17-11-3-1-2-10(6-11)15(21)20-14(16(22)23)7-9-4-5-12(18)8-13(9)19/h1-6,8,14H,7H2,(H,20,21)(H,22,23)/t14-/m0/s1. The van der Waals surface area contributed by atoms with Gasteiger partial charge in [-0.3, -0.25) is 4.79 Å². The van der Waals surface area contributed by atoms with Gasteiger partial charge >= 0.3 is 5.97 Å². The number of carbonyl (C=O) groups is 2. The van der Waals surface area contributed by atoms with Crippen LogP contribution in [-0.2, 0) is 11.2 Å². The molecule has 0 aliphatic carbocycles. The van der Waals surface area contributed by atoms with E-state index in [2.05, 4.69) is 21.2 Å². The third kappa shape index (κ3) is 4.96. The Kier molecular flexibility index (Phi) is 6.04. The first-order valence-corrected chi connectivity index (χ1v) is 8.15. The zero-order chi connectivity index (χ0) is 17.0. The lowest BCUT2D eigenvalue weighted by Crippen LogP contribution is -2.42. The van der Waals surface area contributed by atoms with Gasteiger partial charge in [-0.2, -0.15) is 0 Å². The van der Waals surface area contributed by atoms with Crippen LogP contribution in [0.2, 0.25) is 10.0 Å². The van der Waals surface area contributed by atoms with Gasteiger partial charge < -0.3 is 10.4 Å². The predicted molar refractivity (Wildman–Crippen MR) is 93.2 cm³/mol. The Bertz CT molecular complexity index is 752. The number of carboxylic acid groups (broad SMARTS) is 1. The van der Waals surface area contributed by atoms with Crippen molar-refractivity contribution < 1.29 is 14.7 Å². The van der Waals surface area contributed by atoms with E-state index in [0.29, 0.717) is 21.2 Å². The second-order valence-corrected chi connectivity index (χ2v) is 6.57. The molecule has 7 heteroatoms. The number of hydrogen-bond donors (Lipinski definition) is 2. The van der Waals surface area contributed by atoms with Gasteiger partial charge in [0.25, 0.3) is 5.91 Å². The quantitative estimate of drug-likeness (QED) is 0.768. The van der Waals surface area contributed by atoms with Crippen molar-refractivity contribution in [3.63, 3.8) is 0 Å². The molecule has 0 radical (unpaired) electrons. The van der Waals surface area contributed by atoms with E-state index in [9.17, 15) is 14.7 Å². The van der Waals surface area contributed by atoms with E-state index in [4.69, 9.17) is 23.2 Å². The van der Waals surface area contributed by atoms with Crippen molar-refractivity contribution in [1.82, 2.24) is 5.32 Å². The van der Waals surface area contributed by atoms with Gasteiger partial charge in [0.1, 0.15) is 6.04 Å². The normalized spacial score (nSPS) is 11.8. The van der Waals surface area contributed by atoms with Crippen molar-refractivity contribution in [2.24, 2.45) is 0 Å². The van der Waals surface area contributed by atoms with Crippen LogP contribution in [0.1, 0.15) is 15.9 Å². The molecule has 0 aromatic heterocycles. The first kappa shape index (κ1) is 17.8. The fraction of sp³-hybridized carbons (Fsp3) is 0.125. The second-order valence-electron chi connectivity index (χ2n) is 4.81. The summed E-state index contributed by atoms with van der Waals surface area (Å²) < 4.78 is 0.734. The first-order valence-electron chi connectivity index (χ1n) is 6.60. The SMILES string of the molecule is O=C(N[C@@H](Cc1ccc(Cl)cc1Cl)C(=O)O)c1cccc(Br)c1. The van der Waals surface area contributed by atoms with Gasteiger partial charge in [0.15, 0.2) is 0 Å². The molecular formula is C16H12BrCl2NO3. The van der Waals surface area contributed by atoms with Crippen LogP contribution in [0.3, 0.4) is 0 Å². The molecule has 2 N–H and O–H groups in total. The molecular weight excluding hydrogens is 405 g/mol. The third-order valence-electron chi connectivity index (χ3n) is 3.13. The predicted octanol–water partition coefficient (Wildman–Crippen LogP) is 4.18. The average molecular weight is 417 g/mol. The highest BCUT2D eigenvalue weighted by atomic mass is 79.9. The Labute approximate surface area is 151 Å². The summed E-state index contributed by atoms with van der Waals surface area (Å²) in [6.07, 6.45) is 0.0606. The minimum Gasteiger partial charge on any atom is -0.480 e. The van der Waals surface area contributed by atoms with Crippen LogP contribution in [0.4, 0.5) is 0 Å². The largest absolute Gasteiger partial charge is 0.480 e. The van der Waals surface area contributed by atoms with E-state index in [0.717, 1.165) is 4.47 Å². The summed E-state index contributed by atoms with van der Waals surface area (Å²) in [6, 6.07) is 10.4. The molecule has 4 nitrogen and oxygen atoms in total. The average Bonchev–Trinajstić information content (AvgIpc) is 2.48. The zero-order valence-electron chi connectivity index (χ0n) is 11.7. The van der Waals surface area contributed by atoms with E-state index >= 15 is 0 Å².